The minimum atomic E-state index is -0.137. The highest BCUT2D eigenvalue weighted by Crippen LogP contribution is 2.42. The average molecular weight is 260 g/mol. The molecule has 19 heavy (non-hydrogen) atoms. The summed E-state index contributed by atoms with van der Waals surface area (Å²) in [5.74, 6) is -0.0615. The lowest BCUT2D eigenvalue weighted by Crippen LogP contribution is -2.33. The van der Waals surface area contributed by atoms with Crippen LogP contribution in [0.1, 0.15) is 36.9 Å². The summed E-state index contributed by atoms with van der Waals surface area (Å²) < 4.78 is 16.9. The van der Waals surface area contributed by atoms with Crippen molar-refractivity contribution in [2.45, 2.75) is 38.0 Å². The number of rotatable bonds is 2. The van der Waals surface area contributed by atoms with Crippen LogP contribution >= 0.6 is 0 Å². The minimum Gasteiger partial charge on any atom is -0.348 e. The SMILES string of the molecule is Cc1cc2c(F)c(C3(CN)CCCC3)ccc2n1C. The average Bonchev–Trinajstić information content (AvgIpc) is 2.99. The maximum Gasteiger partial charge on any atom is 0.136 e. The van der Waals surface area contributed by atoms with E-state index in [1.165, 1.54) is 0 Å². The van der Waals surface area contributed by atoms with Crippen molar-refractivity contribution >= 4 is 10.9 Å². The topological polar surface area (TPSA) is 30.9 Å². The molecule has 0 amide bonds. The van der Waals surface area contributed by atoms with Gasteiger partial charge in [-0.05, 0) is 37.5 Å². The van der Waals surface area contributed by atoms with Crippen molar-refractivity contribution < 1.29 is 4.39 Å². The van der Waals surface area contributed by atoms with Crippen LogP contribution in [-0.4, -0.2) is 11.1 Å². The van der Waals surface area contributed by atoms with Crippen molar-refractivity contribution in [3.63, 3.8) is 0 Å². The molecule has 3 heteroatoms. The highest BCUT2D eigenvalue weighted by Gasteiger charge is 2.36. The van der Waals surface area contributed by atoms with E-state index in [1.807, 2.05) is 36.7 Å². The van der Waals surface area contributed by atoms with Gasteiger partial charge in [-0.2, -0.15) is 0 Å². The quantitative estimate of drug-likeness (QED) is 0.881. The van der Waals surface area contributed by atoms with E-state index in [0.29, 0.717) is 6.54 Å². The van der Waals surface area contributed by atoms with Crippen LogP contribution in [0.5, 0.6) is 0 Å². The normalized spacial score (nSPS) is 18.3. The molecule has 2 nitrogen and oxygen atoms in total. The second-order valence-electron chi connectivity index (χ2n) is 5.90. The fourth-order valence-electron chi connectivity index (χ4n) is 3.55. The molecule has 2 aromatic rings. The molecule has 1 heterocycles. The molecule has 0 unspecified atom stereocenters. The summed E-state index contributed by atoms with van der Waals surface area (Å²) in [5, 5.41) is 0.734. The van der Waals surface area contributed by atoms with Crippen molar-refractivity contribution in [2.75, 3.05) is 6.54 Å². The molecule has 102 valence electrons. The van der Waals surface area contributed by atoms with Gasteiger partial charge in [-0.1, -0.05) is 18.9 Å². The zero-order valence-electron chi connectivity index (χ0n) is 11.7. The molecule has 1 saturated carbocycles. The molecule has 2 N–H and O–H groups in total. The van der Waals surface area contributed by atoms with E-state index in [0.717, 1.165) is 47.8 Å². The lowest BCUT2D eigenvalue weighted by Gasteiger charge is -2.28. The number of halogens is 1. The van der Waals surface area contributed by atoms with E-state index in [-0.39, 0.29) is 11.2 Å². The van der Waals surface area contributed by atoms with Gasteiger partial charge < -0.3 is 10.3 Å². The van der Waals surface area contributed by atoms with Gasteiger partial charge in [0.1, 0.15) is 5.82 Å². The van der Waals surface area contributed by atoms with Crippen molar-refractivity contribution in [1.82, 2.24) is 4.57 Å². The maximum absolute atomic E-state index is 14.9. The molecule has 1 aliphatic rings. The van der Waals surface area contributed by atoms with Gasteiger partial charge in [0.05, 0.1) is 5.52 Å². The summed E-state index contributed by atoms with van der Waals surface area (Å²) >= 11 is 0. The number of benzene rings is 1. The lowest BCUT2D eigenvalue weighted by atomic mass is 9.78. The van der Waals surface area contributed by atoms with Crippen molar-refractivity contribution in [1.29, 1.82) is 0 Å². The highest BCUT2D eigenvalue weighted by molar-refractivity contribution is 5.83. The Kier molecular flexibility index (Phi) is 2.90. The molecular weight excluding hydrogens is 239 g/mol. The van der Waals surface area contributed by atoms with Crippen molar-refractivity contribution in [2.24, 2.45) is 12.8 Å². The molecule has 0 saturated heterocycles. The number of hydrogen-bond acceptors (Lipinski definition) is 1. The first-order valence-electron chi connectivity index (χ1n) is 7.04. The number of fused-ring (bicyclic) bond motifs is 1. The smallest absolute Gasteiger partial charge is 0.136 e. The minimum absolute atomic E-state index is 0.0615. The van der Waals surface area contributed by atoms with E-state index in [2.05, 4.69) is 0 Å². The van der Waals surface area contributed by atoms with Crippen LogP contribution in [0.15, 0.2) is 18.2 Å². The van der Waals surface area contributed by atoms with Crippen LogP contribution < -0.4 is 5.73 Å². The van der Waals surface area contributed by atoms with E-state index >= 15 is 0 Å². The number of nitrogens with two attached hydrogens (primary N) is 1. The van der Waals surface area contributed by atoms with E-state index in [9.17, 15) is 4.39 Å². The molecule has 0 radical (unpaired) electrons. The van der Waals surface area contributed by atoms with Gasteiger partial charge in [0.15, 0.2) is 0 Å². The van der Waals surface area contributed by atoms with Gasteiger partial charge in [-0.15, -0.1) is 0 Å². The van der Waals surface area contributed by atoms with Crippen LogP contribution in [0.25, 0.3) is 10.9 Å². The van der Waals surface area contributed by atoms with Crippen LogP contribution in [0, 0.1) is 12.7 Å². The Morgan fingerprint density at radius 3 is 2.63 bits per heavy atom. The Hall–Kier alpha value is -1.35. The molecule has 0 bridgehead atoms. The Balaban J connectivity index is 2.23. The number of aryl methyl sites for hydroxylation is 2. The Labute approximate surface area is 113 Å². The second-order valence-corrected chi connectivity index (χ2v) is 5.90. The van der Waals surface area contributed by atoms with Gasteiger partial charge in [0.2, 0.25) is 0 Å². The summed E-state index contributed by atoms with van der Waals surface area (Å²) in [6.45, 7) is 2.55. The number of nitrogens with zero attached hydrogens (tertiary/aromatic N) is 1. The third-order valence-corrected chi connectivity index (χ3v) is 4.92. The molecule has 0 aliphatic heterocycles. The van der Waals surface area contributed by atoms with Gasteiger partial charge >= 0.3 is 0 Å². The van der Waals surface area contributed by atoms with Crippen LogP contribution in [0.4, 0.5) is 4.39 Å². The second kappa shape index (κ2) is 4.34. The molecular formula is C16H21FN2. The number of aromatic nitrogens is 1. The van der Waals surface area contributed by atoms with Gasteiger partial charge in [0, 0.05) is 30.1 Å². The first-order valence-corrected chi connectivity index (χ1v) is 7.04. The molecule has 0 atom stereocenters. The first kappa shape index (κ1) is 12.7. The summed E-state index contributed by atoms with van der Waals surface area (Å²) in [6, 6.07) is 5.93. The molecule has 3 rings (SSSR count). The third-order valence-electron chi connectivity index (χ3n) is 4.92. The van der Waals surface area contributed by atoms with Gasteiger partial charge in [-0.25, -0.2) is 4.39 Å². The monoisotopic (exact) mass is 260 g/mol. The Morgan fingerprint density at radius 1 is 1.32 bits per heavy atom. The van der Waals surface area contributed by atoms with Crippen LogP contribution in [-0.2, 0) is 12.5 Å². The highest BCUT2D eigenvalue weighted by atomic mass is 19.1. The van der Waals surface area contributed by atoms with Gasteiger partial charge in [0.25, 0.3) is 0 Å². The first-order chi connectivity index (χ1) is 9.09. The predicted octanol–water partition coefficient (Wildman–Crippen LogP) is 3.40. The van der Waals surface area contributed by atoms with Crippen LogP contribution in [0.2, 0.25) is 0 Å². The molecule has 1 aliphatic carbocycles. The third kappa shape index (κ3) is 1.71. The molecule has 1 aromatic carbocycles. The standard InChI is InChI=1S/C16H21FN2/c1-11-9-12-14(19(11)2)6-5-13(15(12)17)16(10-18)7-3-4-8-16/h5-6,9H,3-4,7-8,10,18H2,1-2H3. The van der Waals surface area contributed by atoms with Gasteiger partial charge in [-0.3, -0.25) is 0 Å². The Morgan fingerprint density at radius 2 is 2.00 bits per heavy atom. The Bertz CT molecular complexity index is 621. The predicted molar refractivity (Wildman–Crippen MR) is 76.8 cm³/mol. The molecule has 0 spiro atoms. The zero-order valence-corrected chi connectivity index (χ0v) is 11.7. The van der Waals surface area contributed by atoms with E-state index in [4.69, 9.17) is 5.73 Å². The molecule has 1 fully saturated rings. The maximum atomic E-state index is 14.9. The van der Waals surface area contributed by atoms with Crippen LogP contribution in [0.3, 0.4) is 0 Å². The fraction of sp³-hybridized carbons (Fsp3) is 0.500. The summed E-state index contributed by atoms with van der Waals surface area (Å²) in [5.41, 5.74) is 8.71. The number of hydrogen-bond donors (Lipinski definition) is 1. The largest absolute Gasteiger partial charge is 0.348 e. The van der Waals surface area contributed by atoms with Crippen molar-refractivity contribution in [3.05, 3.63) is 35.3 Å². The van der Waals surface area contributed by atoms with E-state index < -0.39 is 0 Å². The summed E-state index contributed by atoms with van der Waals surface area (Å²) in [4.78, 5) is 0. The summed E-state index contributed by atoms with van der Waals surface area (Å²) in [6.07, 6.45) is 4.33. The fourth-order valence-corrected chi connectivity index (χ4v) is 3.55. The molecule has 1 aromatic heterocycles. The summed E-state index contributed by atoms with van der Waals surface area (Å²) in [7, 11) is 1.98. The zero-order chi connectivity index (χ0) is 13.6. The van der Waals surface area contributed by atoms with E-state index in [1.54, 1.807) is 0 Å². The lowest BCUT2D eigenvalue weighted by molar-refractivity contribution is 0.429. The van der Waals surface area contributed by atoms with Crippen molar-refractivity contribution in [3.8, 4) is 0 Å².